The lowest BCUT2D eigenvalue weighted by molar-refractivity contribution is 0.0768. The highest BCUT2D eigenvalue weighted by Crippen LogP contribution is 2.37. The Morgan fingerprint density at radius 2 is 1.29 bits per heavy atom. The van der Waals surface area contributed by atoms with Crippen LogP contribution in [0.1, 0.15) is 35.8 Å². The third kappa shape index (κ3) is 3.78. The third-order valence-electron chi connectivity index (χ3n) is 5.34. The molecule has 0 aliphatic carbocycles. The van der Waals surface area contributed by atoms with Crippen LogP contribution in [0.2, 0.25) is 0 Å². The summed E-state index contributed by atoms with van der Waals surface area (Å²) >= 11 is 0. The molecular formula is C26H25NO. The van der Waals surface area contributed by atoms with E-state index in [4.69, 9.17) is 0 Å². The summed E-state index contributed by atoms with van der Waals surface area (Å²) in [7, 11) is 0. The molecule has 0 radical (unpaired) electrons. The first-order chi connectivity index (χ1) is 13.7. The largest absolute Gasteiger partial charge is 0.386 e. The van der Waals surface area contributed by atoms with E-state index >= 15 is 0 Å². The van der Waals surface area contributed by atoms with E-state index in [0.29, 0.717) is 0 Å². The number of hydrogen-bond acceptors (Lipinski definition) is 2. The van der Waals surface area contributed by atoms with Crippen LogP contribution in [0.5, 0.6) is 0 Å². The molecule has 28 heavy (non-hydrogen) atoms. The van der Waals surface area contributed by atoms with E-state index in [9.17, 15) is 5.11 Å². The number of nitrogens with zero attached hydrogens (tertiary/aromatic N) is 1. The molecule has 0 spiro atoms. The average molecular weight is 367 g/mol. The van der Waals surface area contributed by atoms with Gasteiger partial charge in [-0.3, -0.25) is 0 Å². The molecular weight excluding hydrogens is 342 g/mol. The summed E-state index contributed by atoms with van der Waals surface area (Å²) < 4.78 is 0. The lowest BCUT2D eigenvalue weighted by Gasteiger charge is -2.37. The molecule has 3 aromatic rings. The second-order valence-corrected chi connectivity index (χ2v) is 7.26. The Balaban J connectivity index is 1.67. The number of aliphatic hydroxyl groups is 1. The average Bonchev–Trinajstić information content (AvgIpc) is 2.76. The molecule has 0 fully saturated rings. The molecule has 1 aliphatic heterocycles. The summed E-state index contributed by atoms with van der Waals surface area (Å²) in [4.78, 5) is 2.24. The summed E-state index contributed by atoms with van der Waals surface area (Å²) in [6.07, 6.45) is 3.68. The van der Waals surface area contributed by atoms with Crippen LogP contribution in [0, 0.1) is 0 Å². The lowest BCUT2D eigenvalue weighted by Crippen LogP contribution is -2.31. The van der Waals surface area contributed by atoms with E-state index in [1.807, 2.05) is 54.6 Å². The highest BCUT2D eigenvalue weighted by atomic mass is 16.3. The van der Waals surface area contributed by atoms with E-state index in [0.717, 1.165) is 17.7 Å². The van der Waals surface area contributed by atoms with Crippen LogP contribution in [0.3, 0.4) is 0 Å². The minimum atomic E-state index is -0.612. The summed E-state index contributed by atoms with van der Waals surface area (Å²) in [5.74, 6) is 0. The standard InChI is InChI=1S/C26H25NO/c1-20-19-27(18-17-24(20)21-11-5-2-6-12-21)25(22-13-7-3-8-14-22)26(28)23-15-9-4-10-16-23/h2-18,25-26,28H,19H2,1H3/t25-,26+/m0/s1. The van der Waals surface area contributed by atoms with Crippen LogP contribution in [0.4, 0.5) is 0 Å². The maximum atomic E-state index is 11.3. The van der Waals surface area contributed by atoms with Gasteiger partial charge in [-0.15, -0.1) is 0 Å². The van der Waals surface area contributed by atoms with Crippen molar-refractivity contribution in [2.45, 2.75) is 19.1 Å². The third-order valence-corrected chi connectivity index (χ3v) is 5.34. The lowest BCUT2D eigenvalue weighted by atomic mass is 9.92. The predicted octanol–water partition coefficient (Wildman–Crippen LogP) is 5.76. The van der Waals surface area contributed by atoms with Gasteiger partial charge in [0.25, 0.3) is 0 Å². The minimum absolute atomic E-state index is 0.146. The van der Waals surface area contributed by atoms with Gasteiger partial charge in [0, 0.05) is 12.7 Å². The molecule has 1 N–H and O–H groups in total. The molecule has 3 aromatic carbocycles. The van der Waals surface area contributed by atoms with Gasteiger partial charge in [-0.2, -0.15) is 0 Å². The van der Waals surface area contributed by atoms with Crippen molar-refractivity contribution in [2.75, 3.05) is 6.54 Å². The van der Waals surface area contributed by atoms with Crippen LogP contribution < -0.4 is 0 Å². The van der Waals surface area contributed by atoms with Gasteiger partial charge < -0.3 is 10.0 Å². The van der Waals surface area contributed by atoms with Crippen molar-refractivity contribution in [2.24, 2.45) is 0 Å². The first kappa shape index (κ1) is 18.3. The molecule has 2 atom stereocenters. The van der Waals surface area contributed by atoms with Crippen molar-refractivity contribution >= 4 is 5.57 Å². The summed E-state index contributed by atoms with van der Waals surface area (Å²) in [6, 6.07) is 30.5. The summed E-state index contributed by atoms with van der Waals surface area (Å²) in [5, 5.41) is 11.3. The van der Waals surface area contributed by atoms with Gasteiger partial charge in [0.2, 0.25) is 0 Å². The van der Waals surface area contributed by atoms with Crippen molar-refractivity contribution in [1.29, 1.82) is 0 Å². The van der Waals surface area contributed by atoms with Crippen molar-refractivity contribution in [3.8, 4) is 0 Å². The van der Waals surface area contributed by atoms with E-state index < -0.39 is 6.10 Å². The van der Waals surface area contributed by atoms with Gasteiger partial charge in [0.15, 0.2) is 0 Å². The first-order valence-electron chi connectivity index (χ1n) is 9.71. The van der Waals surface area contributed by atoms with Crippen molar-refractivity contribution < 1.29 is 5.11 Å². The monoisotopic (exact) mass is 367 g/mol. The highest BCUT2D eigenvalue weighted by Gasteiger charge is 2.29. The van der Waals surface area contributed by atoms with Gasteiger partial charge >= 0.3 is 0 Å². The molecule has 1 aliphatic rings. The van der Waals surface area contributed by atoms with E-state index in [-0.39, 0.29) is 6.04 Å². The SMILES string of the molecule is CC1=C(c2ccccc2)C=CN([C@@H](c2ccccc2)[C@H](O)c2ccccc2)C1. The number of benzene rings is 3. The van der Waals surface area contributed by atoms with Crippen LogP contribution >= 0.6 is 0 Å². The number of aliphatic hydroxyl groups excluding tert-OH is 1. The topological polar surface area (TPSA) is 23.5 Å². The Kier molecular flexibility index (Phi) is 5.41. The summed E-state index contributed by atoms with van der Waals surface area (Å²) in [6.45, 7) is 2.96. The first-order valence-corrected chi connectivity index (χ1v) is 9.71. The second kappa shape index (κ2) is 8.28. The summed E-state index contributed by atoms with van der Waals surface area (Å²) in [5.41, 5.74) is 5.84. The van der Waals surface area contributed by atoms with Crippen LogP contribution in [-0.4, -0.2) is 16.6 Å². The smallest absolute Gasteiger partial charge is 0.103 e. The fraction of sp³-hybridized carbons (Fsp3) is 0.154. The Morgan fingerprint density at radius 3 is 1.86 bits per heavy atom. The number of allylic oxidation sites excluding steroid dienone is 2. The van der Waals surface area contributed by atoms with Gasteiger partial charge in [0.1, 0.15) is 6.10 Å². The predicted molar refractivity (Wildman–Crippen MR) is 115 cm³/mol. The van der Waals surface area contributed by atoms with E-state index in [1.165, 1.54) is 16.7 Å². The van der Waals surface area contributed by atoms with Crippen LogP contribution in [0.15, 0.2) is 109 Å². The maximum absolute atomic E-state index is 11.3. The molecule has 2 heteroatoms. The number of hydrogen-bond donors (Lipinski definition) is 1. The minimum Gasteiger partial charge on any atom is -0.386 e. The van der Waals surface area contributed by atoms with Crippen LogP contribution in [-0.2, 0) is 0 Å². The molecule has 0 aromatic heterocycles. The molecule has 0 saturated heterocycles. The van der Waals surface area contributed by atoms with Crippen molar-refractivity contribution in [3.05, 3.63) is 126 Å². The van der Waals surface area contributed by atoms with Crippen molar-refractivity contribution in [1.82, 2.24) is 4.90 Å². The zero-order valence-corrected chi connectivity index (χ0v) is 16.1. The zero-order chi connectivity index (χ0) is 19.3. The van der Waals surface area contributed by atoms with E-state index in [2.05, 4.69) is 60.5 Å². The fourth-order valence-electron chi connectivity index (χ4n) is 3.91. The highest BCUT2D eigenvalue weighted by molar-refractivity contribution is 5.77. The Hall–Kier alpha value is -3.10. The molecule has 0 amide bonds. The molecule has 0 bridgehead atoms. The molecule has 2 nitrogen and oxygen atoms in total. The molecule has 140 valence electrons. The van der Waals surface area contributed by atoms with Crippen LogP contribution in [0.25, 0.3) is 5.57 Å². The Bertz CT molecular complexity index is 961. The van der Waals surface area contributed by atoms with Crippen molar-refractivity contribution in [3.63, 3.8) is 0 Å². The molecule has 1 heterocycles. The van der Waals surface area contributed by atoms with Gasteiger partial charge in [-0.25, -0.2) is 0 Å². The fourth-order valence-corrected chi connectivity index (χ4v) is 3.91. The molecule has 0 unspecified atom stereocenters. The number of rotatable bonds is 5. The molecule has 0 saturated carbocycles. The Morgan fingerprint density at radius 1 is 0.750 bits per heavy atom. The zero-order valence-electron chi connectivity index (χ0n) is 16.1. The second-order valence-electron chi connectivity index (χ2n) is 7.26. The van der Waals surface area contributed by atoms with Gasteiger partial charge in [0.05, 0.1) is 6.04 Å². The maximum Gasteiger partial charge on any atom is 0.103 e. The normalized spacial score (nSPS) is 16.1. The van der Waals surface area contributed by atoms with Gasteiger partial charge in [-0.05, 0) is 40.8 Å². The van der Waals surface area contributed by atoms with E-state index in [1.54, 1.807) is 0 Å². The quantitative estimate of drug-likeness (QED) is 0.619. The van der Waals surface area contributed by atoms with Gasteiger partial charge in [-0.1, -0.05) is 91.0 Å². The molecule has 4 rings (SSSR count). The Labute approximate surface area is 167 Å².